The van der Waals surface area contributed by atoms with E-state index >= 15 is 0 Å². The molecule has 0 radical (unpaired) electrons. The van der Waals surface area contributed by atoms with Crippen molar-refractivity contribution in [3.05, 3.63) is 35.5 Å². The number of methoxy groups -OCH3 is 1. The number of H-pyrrole nitrogens is 1. The minimum absolute atomic E-state index is 0.400. The monoisotopic (exact) mass is 286 g/mol. The fraction of sp³-hybridized carbons (Fsp3) is 0.556. The molecular formula is C18H26N2O. The number of ether oxygens (including phenoxy) is 1. The average Bonchev–Trinajstić information content (AvgIpc) is 2.86. The number of aromatic nitrogens is 1. The van der Waals surface area contributed by atoms with Crippen LogP contribution in [0.4, 0.5) is 0 Å². The van der Waals surface area contributed by atoms with Gasteiger partial charge >= 0.3 is 0 Å². The minimum atomic E-state index is 0.400. The van der Waals surface area contributed by atoms with Crippen LogP contribution < -0.4 is 5.32 Å². The molecule has 1 heterocycles. The summed E-state index contributed by atoms with van der Waals surface area (Å²) >= 11 is 0. The van der Waals surface area contributed by atoms with Crippen LogP contribution in [0.15, 0.2) is 24.3 Å². The van der Waals surface area contributed by atoms with Crippen molar-refractivity contribution in [2.45, 2.75) is 45.2 Å². The van der Waals surface area contributed by atoms with E-state index in [9.17, 15) is 0 Å². The second-order valence-corrected chi connectivity index (χ2v) is 6.48. The van der Waals surface area contributed by atoms with Gasteiger partial charge in [-0.1, -0.05) is 32.0 Å². The molecule has 3 rings (SSSR count). The third kappa shape index (κ3) is 2.85. The zero-order valence-corrected chi connectivity index (χ0v) is 13.3. The molecule has 0 amide bonds. The van der Waals surface area contributed by atoms with Gasteiger partial charge < -0.3 is 15.0 Å². The Labute approximate surface area is 127 Å². The fourth-order valence-corrected chi connectivity index (χ4v) is 3.45. The average molecular weight is 286 g/mol. The molecule has 0 aliphatic heterocycles. The molecule has 1 aliphatic rings. The van der Waals surface area contributed by atoms with E-state index in [1.807, 2.05) is 0 Å². The first-order chi connectivity index (χ1) is 10.2. The van der Waals surface area contributed by atoms with Crippen molar-refractivity contribution in [1.29, 1.82) is 0 Å². The predicted molar refractivity (Wildman–Crippen MR) is 87.6 cm³/mol. The standard InChI is InChI=1S/C18H26N2O/c1-12(2)17(11-21-3)19-16-10-6-8-14-13-7-4-5-9-15(13)20-18(14)16/h4-5,7,9,12,16-17,19-20H,6,8,10-11H2,1-3H3. The van der Waals surface area contributed by atoms with Crippen LogP contribution in [0.5, 0.6) is 0 Å². The van der Waals surface area contributed by atoms with Crippen LogP contribution in [-0.4, -0.2) is 24.7 Å². The highest BCUT2D eigenvalue weighted by molar-refractivity contribution is 5.85. The number of hydrogen-bond acceptors (Lipinski definition) is 2. The highest BCUT2D eigenvalue weighted by Gasteiger charge is 2.26. The van der Waals surface area contributed by atoms with Gasteiger partial charge in [0.1, 0.15) is 0 Å². The van der Waals surface area contributed by atoms with Crippen molar-refractivity contribution in [3.63, 3.8) is 0 Å². The molecule has 3 nitrogen and oxygen atoms in total. The Kier molecular flexibility index (Phi) is 4.32. The third-order valence-electron chi connectivity index (χ3n) is 4.68. The van der Waals surface area contributed by atoms with E-state index in [4.69, 9.17) is 4.74 Å². The van der Waals surface area contributed by atoms with E-state index in [1.165, 1.54) is 41.4 Å². The van der Waals surface area contributed by atoms with Gasteiger partial charge in [0.25, 0.3) is 0 Å². The van der Waals surface area contributed by atoms with Crippen LogP contribution in [0.1, 0.15) is 44.0 Å². The van der Waals surface area contributed by atoms with Crippen molar-refractivity contribution < 1.29 is 4.74 Å². The molecule has 2 atom stereocenters. The van der Waals surface area contributed by atoms with Gasteiger partial charge in [-0.2, -0.15) is 0 Å². The molecule has 3 heteroatoms. The Hall–Kier alpha value is -1.32. The molecule has 2 N–H and O–H groups in total. The maximum Gasteiger partial charge on any atom is 0.0618 e. The Morgan fingerprint density at radius 1 is 1.33 bits per heavy atom. The first-order valence-corrected chi connectivity index (χ1v) is 8.05. The van der Waals surface area contributed by atoms with Gasteiger partial charge in [-0.15, -0.1) is 0 Å². The third-order valence-corrected chi connectivity index (χ3v) is 4.68. The van der Waals surface area contributed by atoms with E-state index < -0.39 is 0 Å². The van der Waals surface area contributed by atoms with Crippen LogP contribution in [0.3, 0.4) is 0 Å². The van der Waals surface area contributed by atoms with E-state index in [0.29, 0.717) is 18.0 Å². The molecule has 0 saturated carbocycles. The number of aromatic amines is 1. The van der Waals surface area contributed by atoms with E-state index in [-0.39, 0.29) is 0 Å². The lowest BCUT2D eigenvalue weighted by atomic mass is 9.90. The number of aryl methyl sites for hydroxylation is 1. The van der Waals surface area contributed by atoms with Gasteiger partial charge in [-0.05, 0) is 36.8 Å². The Bertz CT molecular complexity index is 602. The maximum atomic E-state index is 5.38. The van der Waals surface area contributed by atoms with Crippen LogP contribution in [0, 0.1) is 5.92 Å². The lowest BCUT2D eigenvalue weighted by molar-refractivity contribution is 0.138. The highest BCUT2D eigenvalue weighted by atomic mass is 16.5. The number of hydrogen-bond donors (Lipinski definition) is 2. The summed E-state index contributed by atoms with van der Waals surface area (Å²) < 4.78 is 5.38. The molecule has 114 valence electrons. The second kappa shape index (κ2) is 6.20. The first kappa shape index (κ1) is 14.6. The van der Waals surface area contributed by atoms with Crippen molar-refractivity contribution in [2.24, 2.45) is 5.92 Å². The van der Waals surface area contributed by atoms with E-state index in [2.05, 4.69) is 48.4 Å². The molecule has 0 saturated heterocycles. The van der Waals surface area contributed by atoms with Crippen LogP contribution in [-0.2, 0) is 11.2 Å². The van der Waals surface area contributed by atoms with Gasteiger partial charge in [0, 0.05) is 35.8 Å². The first-order valence-electron chi connectivity index (χ1n) is 8.05. The molecule has 1 aromatic heterocycles. The van der Waals surface area contributed by atoms with Crippen LogP contribution >= 0.6 is 0 Å². The second-order valence-electron chi connectivity index (χ2n) is 6.48. The molecule has 0 spiro atoms. The lowest BCUT2D eigenvalue weighted by Crippen LogP contribution is -2.41. The summed E-state index contributed by atoms with van der Waals surface area (Å²) in [5, 5.41) is 5.21. The smallest absolute Gasteiger partial charge is 0.0618 e. The molecule has 2 unspecified atom stereocenters. The fourth-order valence-electron chi connectivity index (χ4n) is 3.45. The summed E-state index contributed by atoms with van der Waals surface area (Å²) in [7, 11) is 1.78. The van der Waals surface area contributed by atoms with E-state index in [0.717, 1.165) is 6.61 Å². The largest absolute Gasteiger partial charge is 0.383 e. The summed E-state index contributed by atoms with van der Waals surface area (Å²) in [5.41, 5.74) is 4.17. The van der Waals surface area contributed by atoms with Gasteiger partial charge in [-0.3, -0.25) is 0 Å². The molecule has 0 bridgehead atoms. The number of benzene rings is 1. The summed E-state index contributed by atoms with van der Waals surface area (Å²) in [6.07, 6.45) is 3.64. The summed E-state index contributed by atoms with van der Waals surface area (Å²) in [5.74, 6) is 0.569. The summed E-state index contributed by atoms with van der Waals surface area (Å²) in [6.45, 7) is 5.28. The predicted octanol–water partition coefficient (Wildman–Crippen LogP) is 3.81. The number of para-hydroxylation sites is 1. The number of fused-ring (bicyclic) bond motifs is 3. The number of rotatable bonds is 5. The molecular weight excluding hydrogens is 260 g/mol. The molecule has 1 aliphatic carbocycles. The van der Waals surface area contributed by atoms with Gasteiger partial charge in [0.2, 0.25) is 0 Å². The maximum absolute atomic E-state index is 5.38. The lowest BCUT2D eigenvalue weighted by Gasteiger charge is -2.30. The zero-order valence-electron chi connectivity index (χ0n) is 13.3. The van der Waals surface area contributed by atoms with Crippen molar-refractivity contribution >= 4 is 10.9 Å². The van der Waals surface area contributed by atoms with Crippen molar-refractivity contribution in [3.8, 4) is 0 Å². The molecule has 21 heavy (non-hydrogen) atoms. The van der Waals surface area contributed by atoms with Gasteiger partial charge in [-0.25, -0.2) is 0 Å². The molecule has 0 fully saturated rings. The SMILES string of the molecule is COCC(NC1CCCc2c1[nH]c1ccccc21)C(C)C. The zero-order chi connectivity index (χ0) is 14.8. The Morgan fingerprint density at radius 3 is 2.90 bits per heavy atom. The summed E-state index contributed by atoms with van der Waals surface area (Å²) in [4.78, 5) is 3.65. The van der Waals surface area contributed by atoms with Crippen molar-refractivity contribution in [1.82, 2.24) is 10.3 Å². The number of nitrogens with one attached hydrogen (secondary N) is 2. The van der Waals surface area contributed by atoms with E-state index in [1.54, 1.807) is 7.11 Å². The van der Waals surface area contributed by atoms with Crippen LogP contribution in [0.2, 0.25) is 0 Å². The van der Waals surface area contributed by atoms with Gasteiger partial charge in [0.05, 0.1) is 6.61 Å². The Balaban J connectivity index is 1.89. The molecule has 2 aromatic rings. The van der Waals surface area contributed by atoms with Crippen LogP contribution in [0.25, 0.3) is 10.9 Å². The summed E-state index contributed by atoms with van der Waals surface area (Å²) in [6, 6.07) is 9.48. The highest BCUT2D eigenvalue weighted by Crippen LogP contribution is 2.35. The minimum Gasteiger partial charge on any atom is -0.383 e. The normalized spacial score (nSPS) is 19.9. The molecule has 1 aromatic carbocycles. The topological polar surface area (TPSA) is 37.0 Å². The quantitative estimate of drug-likeness (QED) is 0.877. The van der Waals surface area contributed by atoms with Crippen molar-refractivity contribution in [2.75, 3.05) is 13.7 Å². The Morgan fingerprint density at radius 2 is 2.14 bits per heavy atom. The van der Waals surface area contributed by atoms with Gasteiger partial charge in [0.15, 0.2) is 0 Å².